The Morgan fingerprint density at radius 3 is 2.52 bits per heavy atom. The van der Waals surface area contributed by atoms with Crippen molar-refractivity contribution in [3.05, 3.63) is 96.1 Å². The van der Waals surface area contributed by atoms with Gasteiger partial charge in [0.15, 0.2) is 0 Å². The lowest BCUT2D eigenvalue weighted by Gasteiger charge is -2.11. The zero-order valence-corrected chi connectivity index (χ0v) is 18.5. The highest BCUT2D eigenvalue weighted by molar-refractivity contribution is 5.94. The molecule has 0 unspecified atom stereocenters. The quantitative estimate of drug-likeness (QED) is 0.315. The summed E-state index contributed by atoms with van der Waals surface area (Å²) >= 11 is 0. The van der Waals surface area contributed by atoms with Crippen LogP contribution < -0.4 is 10.1 Å². The second-order valence-corrected chi connectivity index (χ2v) is 7.88. The molecule has 0 atom stereocenters. The first-order valence-corrected chi connectivity index (χ1v) is 11.4. The summed E-state index contributed by atoms with van der Waals surface area (Å²) in [5, 5.41) is 2.80. The van der Waals surface area contributed by atoms with Gasteiger partial charge in [0.25, 0.3) is 5.91 Å². The Morgan fingerprint density at radius 2 is 1.67 bits per heavy atom. The maximum atomic E-state index is 13.7. The predicted octanol–water partition coefficient (Wildman–Crippen LogP) is 5.40. The maximum absolute atomic E-state index is 13.7. The van der Waals surface area contributed by atoms with E-state index in [9.17, 15) is 9.18 Å². The van der Waals surface area contributed by atoms with Crippen molar-refractivity contribution in [3.63, 3.8) is 0 Å². The van der Waals surface area contributed by atoms with Gasteiger partial charge in [0.1, 0.15) is 24.0 Å². The smallest absolute Gasteiger partial charge is 0.254 e. The number of halogens is 1. The lowest BCUT2D eigenvalue weighted by atomic mass is 10.1. The van der Waals surface area contributed by atoms with Crippen LogP contribution in [-0.2, 0) is 13.0 Å². The summed E-state index contributed by atoms with van der Waals surface area (Å²) in [5.41, 5.74) is 2.19. The third-order valence-electron chi connectivity index (χ3n) is 5.54. The fourth-order valence-electron chi connectivity index (χ4n) is 3.86. The van der Waals surface area contributed by atoms with Crippen LogP contribution in [0.2, 0.25) is 0 Å². The SMILES string of the molecule is O=C(NCCCCCc1nc2ccccc2n1CCOc1ccccc1)c1ccccc1F. The van der Waals surface area contributed by atoms with Gasteiger partial charge in [-0.25, -0.2) is 9.37 Å². The van der Waals surface area contributed by atoms with Gasteiger partial charge in [-0.15, -0.1) is 0 Å². The van der Waals surface area contributed by atoms with Crippen LogP contribution in [0.25, 0.3) is 11.0 Å². The molecule has 0 bridgehead atoms. The number of hydrogen-bond donors (Lipinski definition) is 1. The van der Waals surface area contributed by atoms with E-state index in [0.717, 1.165) is 54.8 Å². The number of para-hydroxylation sites is 3. The Morgan fingerprint density at radius 1 is 0.909 bits per heavy atom. The number of imidazole rings is 1. The second kappa shape index (κ2) is 11.3. The van der Waals surface area contributed by atoms with Gasteiger partial charge in [0.2, 0.25) is 0 Å². The Balaban J connectivity index is 1.27. The average molecular weight is 446 g/mol. The number of nitrogens with zero attached hydrogens (tertiary/aromatic N) is 2. The molecular formula is C27H28FN3O2. The van der Waals surface area contributed by atoms with Crippen molar-refractivity contribution >= 4 is 16.9 Å². The molecule has 4 rings (SSSR count). The fourth-order valence-corrected chi connectivity index (χ4v) is 3.86. The van der Waals surface area contributed by atoms with Crippen molar-refractivity contribution in [1.82, 2.24) is 14.9 Å². The number of hydrogen-bond acceptors (Lipinski definition) is 3. The normalized spacial score (nSPS) is 10.9. The van der Waals surface area contributed by atoms with Gasteiger partial charge in [-0.2, -0.15) is 0 Å². The molecular weight excluding hydrogens is 417 g/mol. The number of aryl methyl sites for hydroxylation is 1. The molecule has 0 aliphatic heterocycles. The number of benzene rings is 3. The highest BCUT2D eigenvalue weighted by Gasteiger charge is 2.11. The molecule has 33 heavy (non-hydrogen) atoms. The number of carbonyl (C=O) groups is 1. The van der Waals surface area contributed by atoms with Gasteiger partial charge in [-0.3, -0.25) is 4.79 Å². The van der Waals surface area contributed by atoms with E-state index in [0.29, 0.717) is 13.2 Å². The minimum Gasteiger partial charge on any atom is -0.492 e. The van der Waals surface area contributed by atoms with E-state index in [-0.39, 0.29) is 11.5 Å². The Labute approximate surface area is 193 Å². The van der Waals surface area contributed by atoms with Gasteiger partial charge in [-0.1, -0.05) is 48.9 Å². The molecule has 0 saturated heterocycles. The summed E-state index contributed by atoms with van der Waals surface area (Å²) in [5.74, 6) is 1.04. The van der Waals surface area contributed by atoms with E-state index >= 15 is 0 Å². The topological polar surface area (TPSA) is 56.2 Å². The van der Waals surface area contributed by atoms with Gasteiger partial charge in [0.05, 0.1) is 23.1 Å². The fraction of sp³-hybridized carbons (Fsp3) is 0.259. The van der Waals surface area contributed by atoms with Crippen molar-refractivity contribution < 1.29 is 13.9 Å². The lowest BCUT2D eigenvalue weighted by Crippen LogP contribution is -2.25. The largest absolute Gasteiger partial charge is 0.492 e. The number of rotatable bonds is 11. The summed E-state index contributed by atoms with van der Waals surface area (Å²) in [6.07, 6.45) is 3.58. The van der Waals surface area contributed by atoms with E-state index in [4.69, 9.17) is 9.72 Å². The van der Waals surface area contributed by atoms with Crippen molar-refractivity contribution in [3.8, 4) is 5.75 Å². The molecule has 6 heteroatoms. The first-order valence-electron chi connectivity index (χ1n) is 11.4. The average Bonchev–Trinajstić information content (AvgIpc) is 3.19. The zero-order valence-electron chi connectivity index (χ0n) is 18.5. The van der Waals surface area contributed by atoms with Crippen LogP contribution in [0.15, 0.2) is 78.9 Å². The first-order chi connectivity index (χ1) is 16.2. The molecule has 0 radical (unpaired) electrons. The number of unbranched alkanes of at least 4 members (excludes halogenated alkanes) is 2. The van der Waals surface area contributed by atoms with E-state index in [2.05, 4.69) is 16.0 Å². The number of fused-ring (bicyclic) bond motifs is 1. The summed E-state index contributed by atoms with van der Waals surface area (Å²) in [4.78, 5) is 16.9. The summed E-state index contributed by atoms with van der Waals surface area (Å²) in [6.45, 7) is 1.82. The van der Waals surface area contributed by atoms with Gasteiger partial charge in [0, 0.05) is 13.0 Å². The molecule has 0 aliphatic rings. The number of nitrogens with one attached hydrogen (secondary N) is 1. The molecule has 1 amide bonds. The lowest BCUT2D eigenvalue weighted by molar-refractivity contribution is 0.0949. The predicted molar refractivity (Wildman–Crippen MR) is 128 cm³/mol. The molecule has 1 N–H and O–H groups in total. The van der Waals surface area contributed by atoms with Crippen LogP contribution in [0.3, 0.4) is 0 Å². The molecule has 4 aromatic rings. The van der Waals surface area contributed by atoms with E-state index in [1.165, 1.54) is 12.1 Å². The Bertz CT molecular complexity index is 1190. The Hall–Kier alpha value is -3.67. The van der Waals surface area contributed by atoms with Crippen LogP contribution in [0, 0.1) is 5.82 Å². The molecule has 170 valence electrons. The molecule has 1 heterocycles. The summed E-state index contributed by atoms with van der Waals surface area (Å²) in [7, 11) is 0. The highest BCUT2D eigenvalue weighted by Crippen LogP contribution is 2.18. The van der Waals surface area contributed by atoms with Crippen molar-refractivity contribution in [2.24, 2.45) is 0 Å². The van der Waals surface area contributed by atoms with E-state index < -0.39 is 5.82 Å². The van der Waals surface area contributed by atoms with Crippen molar-refractivity contribution in [2.75, 3.05) is 13.2 Å². The van der Waals surface area contributed by atoms with Gasteiger partial charge >= 0.3 is 0 Å². The van der Waals surface area contributed by atoms with Crippen LogP contribution >= 0.6 is 0 Å². The molecule has 0 fully saturated rings. The monoisotopic (exact) mass is 445 g/mol. The van der Waals surface area contributed by atoms with Crippen LogP contribution in [0.1, 0.15) is 35.4 Å². The molecule has 0 spiro atoms. The molecule has 0 aliphatic carbocycles. The maximum Gasteiger partial charge on any atom is 0.254 e. The van der Waals surface area contributed by atoms with Crippen molar-refractivity contribution in [2.45, 2.75) is 32.2 Å². The van der Waals surface area contributed by atoms with Crippen LogP contribution in [0.5, 0.6) is 5.75 Å². The molecule has 5 nitrogen and oxygen atoms in total. The summed E-state index contributed by atoms with van der Waals surface area (Å²) in [6, 6.07) is 24.0. The number of aromatic nitrogens is 2. The molecule has 3 aromatic carbocycles. The minimum atomic E-state index is -0.495. The van der Waals surface area contributed by atoms with E-state index in [1.807, 2.05) is 48.5 Å². The van der Waals surface area contributed by atoms with Crippen LogP contribution in [0.4, 0.5) is 4.39 Å². The number of ether oxygens (including phenoxy) is 1. The standard InChI is InChI=1S/C27H28FN3O2/c28-23-14-7-6-13-22(23)27(32)29-18-10-2-5-17-26-30-24-15-8-9-16-25(24)31(26)19-20-33-21-11-3-1-4-12-21/h1,3-4,6-9,11-16H,2,5,10,17-20H2,(H,29,32). The molecule has 0 saturated carbocycles. The third-order valence-corrected chi connectivity index (χ3v) is 5.54. The van der Waals surface area contributed by atoms with Gasteiger partial charge in [-0.05, 0) is 49.2 Å². The number of carbonyl (C=O) groups excluding carboxylic acids is 1. The number of amides is 1. The van der Waals surface area contributed by atoms with Crippen molar-refractivity contribution in [1.29, 1.82) is 0 Å². The second-order valence-electron chi connectivity index (χ2n) is 7.88. The first kappa shape index (κ1) is 22.5. The minimum absolute atomic E-state index is 0.0870. The zero-order chi connectivity index (χ0) is 22.9. The van der Waals surface area contributed by atoms with E-state index in [1.54, 1.807) is 12.1 Å². The Kier molecular flexibility index (Phi) is 7.69. The third kappa shape index (κ3) is 5.98. The summed E-state index contributed by atoms with van der Waals surface area (Å²) < 4.78 is 21.8. The van der Waals surface area contributed by atoms with Crippen LogP contribution in [-0.4, -0.2) is 28.6 Å². The molecule has 1 aromatic heterocycles. The highest BCUT2D eigenvalue weighted by atomic mass is 19.1. The van der Waals surface area contributed by atoms with Gasteiger partial charge < -0.3 is 14.6 Å².